The lowest BCUT2D eigenvalue weighted by Crippen LogP contribution is -2.50. The number of hydrogen-bond donors (Lipinski definition) is 2. The van der Waals surface area contributed by atoms with Gasteiger partial charge in [0.05, 0.1) is 18.2 Å². The Hall–Kier alpha value is -2.28. The molecule has 0 saturated heterocycles. The fraction of sp³-hybridized carbons (Fsp3) is 0.375. The Morgan fingerprint density at radius 2 is 2.17 bits per heavy atom. The van der Waals surface area contributed by atoms with Gasteiger partial charge >= 0.3 is 5.97 Å². The Morgan fingerprint density at radius 3 is 2.96 bits per heavy atom. The van der Waals surface area contributed by atoms with Crippen LogP contribution in [0, 0.1) is 0 Å². The van der Waals surface area contributed by atoms with Gasteiger partial charge in [0.25, 0.3) is 0 Å². The molecule has 2 aliphatic heterocycles. The van der Waals surface area contributed by atoms with E-state index in [-0.39, 0.29) is 18.8 Å². The third-order valence-corrected chi connectivity index (χ3v) is 3.95. The van der Waals surface area contributed by atoms with Crippen LogP contribution in [-0.4, -0.2) is 30.5 Å². The molecule has 1 unspecified atom stereocenters. The lowest BCUT2D eigenvalue weighted by molar-refractivity contribution is -0.139. The quantitative estimate of drug-likeness (QED) is 0.641. The summed E-state index contributed by atoms with van der Waals surface area (Å²) in [6.45, 7) is 4.18. The summed E-state index contributed by atoms with van der Waals surface area (Å²) < 4.78 is 15.9. The maximum Gasteiger partial charge on any atom is 0.337 e. The van der Waals surface area contributed by atoms with Crippen molar-refractivity contribution in [2.45, 2.75) is 26.3 Å². The van der Waals surface area contributed by atoms with Crippen molar-refractivity contribution in [3.63, 3.8) is 0 Å². The molecule has 0 aromatic heterocycles. The number of nitrogens with one attached hydrogen (secondary N) is 2. The van der Waals surface area contributed by atoms with E-state index in [0.29, 0.717) is 23.7 Å². The van der Waals surface area contributed by atoms with Crippen molar-refractivity contribution in [2.24, 2.45) is 0 Å². The highest BCUT2D eigenvalue weighted by Crippen LogP contribution is 2.33. The van der Waals surface area contributed by atoms with Crippen molar-refractivity contribution < 1.29 is 19.0 Å². The standard InChI is InChI=1S/C16H18N2O4S/c1-3-20-15(19)14-9(2)17-16(23)18-11(14)6-10-4-5-12-13(7-10)22-8-21-12/h4-5,7,11H,3,6,8H2,1-2H3,(H2,17,18,23). The number of thiocarbonyl (C=S) groups is 1. The molecule has 0 bridgehead atoms. The minimum Gasteiger partial charge on any atom is -0.463 e. The summed E-state index contributed by atoms with van der Waals surface area (Å²) in [5.41, 5.74) is 2.31. The Balaban J connectivity index is 1.85. The first kappa shape index (κ1) is 15.6. The summed E-state index contributed by atoms with van der Waals surface area (Å²) in [5.74, 6) is 1.12. The van der Waals surface area contributed by atoms with Crippen LogP contribution in [-0.2, 0) is 16.0 Å². The molecule has 2 N–H and O–H groups in total. The van der Waals surface area contributed by atoms with E-state index in [1.54, 1.807) is 6.92 Å². The number of allylic oxidation sites excluding steroid dienone is 1. The van der Waals surface area contributed by atoms with Crippen molar-refractivity contribution in [2.75, 3.05) is 13.4 Å². The second-order valence-electron chi connectivity index (χ2n) is 5.30. The number of esters is 1. The fourth-order valence-corrected chi connectivity index (χ4v) is 3.02. The molecule has 0 radical (unpaired) electrons. The fourth-order valence-electron chi connectivity index (χ4n) is 2.73. The molecule has 0 amide bonds. The molecule has 0 spiro atoms. The highest BCUT2D eigenvalue weighted by atomic mass is 32.1. The zero-order chi connectivity index (χ0) is 16.4. The summed E-state index contributed by atoms with van der Waals surface area (Å²) in [7, 11) is 0. The number of carbonyl (C=O) groups is 1. The van der Waals surface area contributed by atoms with Crippen molar-refractivity contribution >= 4 is 23.3 Å². The highest BCUT2D eigenvalue weighted by Gasteiger charge is 2.30. The molecule has 0 aliphatic carbocycles. The average molecular weight is 334 g/mol. The molecule has 3 rings (SSSR count). The molecule has 122 valence electrons. The summed E-state index contributed by atoms with van der Waals surface area (Å²) in [5, 5.41) is 6.62. The minimum atomic E-state index is -0.335. The van der Waals surface area contributed by atoms with E-state index in [0.717, 1.165) is 22.8 Å². The Morgan fingerprint density at radius 1 is 1.39 bits per heavy atom. The van der Waals surface area contributed by atoms with Crippen LogP contribution in [0.1, 0.15) is 19.4 Å². The maximum absolute atomic E-state index is 12.3. The zero-order valence-electron chi connectivity index (χ0n) is 13.0. The first-order valence-electron chi connectivity index (χ1n) is 7.42. The minimum absolute atomic E-state index is 0.238. The molecule has 23 heavy (non-hydrogen) atoms. The van der Waals surface area contributed by atoms with Gasteiger partial charge in [0.15, 0.2) is 16.6 Å². The highest BCUT2D eigenvalue weighted by molar-refractivity contribution is 7.80. The maximum atomic E-state index is 12.3. The van der Waals surface area contributed by atoms with Crippen molar-refractivity contribution in [1.82, 2.24) is 10.6 Å². The molecule has 0 saturated carbocycles. The second-order valence-corrected chi connectivity index (χ2v) is 5.71. The van der Waals surface area contributed by atoms with Gasteiger partial charge in [-0.2, -0.15) is 0 Å². The molecule has 6 nitrogen and oxygen atoms in total. The molecule has 0 fully saturated rings. The molecule has 7 heteroatoms. The van der Waals surface area contributed by atoms with Gasteiger partial charge in [0, 0.05) is 5.70 Å². The van der Waals surface area contributed by atoms with Crippen molar-refractivity contribution in [1.29, 1.82) is 0 Å². The van der Waals surface area contributed by atoms with Gasteiger partial charge in [-0.3, -0.25) is 0 Å². The van der Waals surface area contributed by atoms with Crippen molar-refractivity contribution in [3.8, 4) is 11.5 Å². The number of benzene rings is 1. The summed E-state index contributed by atoms with van der Waals surface area (Å²) in [6, 6.07) is 5.51. The molecule has 2 heterocycles. The van der Waals surface area contributed by atoms with E-state index in [4.69, 9.17) is 26.4 Å². The van der Waals surface area contributed by atoms with E-state index in [1.807, 2.05) is 25.1 Å². The predicted molar refractivity (Wildman–Crippen MR) is 88.3 cm³/mol. The molecular formula is C16H18N2O4S. The van der Waals surface area contributed by atoms with Crippen LogP contribution in [0.2, 0.25) is 0 Å². The number of fused-ring (bicyclic) bond motifs is 1. The van der Waals surface area contributed by atoms with E-state index in [9.17, 15) is 4.79 Å². The molecule has 1 aromatic carbocycles. The third-order valence-electron chi connectivity index (χ3n) is 3.73. The van der Waals surface area contributed by atoms with Gasteiger partial charge in [-0.05, 0) is 50.2 Å². The zero-order valence-corrected chi connectivity index (χ0v) is 13.8. The molecule has 1 atom stereocenters. The van der Waals surface area contributed by atoms with Crippen LogP contribution >= 0.6 is 12.2 Å². The van der Waals surface area contributed by atoms with Crippen molar-refractivity contribution in [3.05, 3.63) is 35.0 Å². The molecule has 2 aliphatic rings. The van der Waals surface area contributed by atoms with Crippen LogP contribution in [0.3, 0.4) is 0 Å². The SMILES string of the molecule is CCOC(=O)C1=C(C)NC(=S)NC1Cc1ccc2c(c1)OCO2. The molecule has 1 aromatic rings. The van der Waals surface area contributed by atoms with Crippen LogP contribution in [0.15, 0.2) is 29.5 Å². The first-order chi connectivity index (χ1) is 11.1. The van der Waals surface area contributed by atoms with E-state index in [2.05, 4.69) is 10.6 Å². The van der Waals surface area contributed by atoms with E-state index >= 15 is 0 Å². The number of rotatable bonds is 4. The van der Waals surface area contributed by atoms with E-state index in [1.165, 1.54) is 0 Å². The topological polar surface area (TPSA) is 68.8 Å². The van der Waals surface area contributed by atoms with Crippen LogP contribution in [0.4, 0.5) is 0 Å². The second kappa shape index (κ2) is 6.45. The Labute approximate surface area is 139 Å². The lowest BCUT2D eigenvalue weighted by atomic mass is 9.96. The predicted octanol–water partition coefficient (Wildman–Crippen LogP) is 1.64. The van der Waals surface area contributed by atoms with Gasteiger partial charge in [-0.25, -0.2) is 4.79 Å². The first-order valence-corrected chi connectivity index (χ1v) is 7.83. The third kappa shape index (κ3) is 3.24. The smallest absolute Gasteiger partial charge is 0.337 e. The summed E-state index contributed by atoms with van der Waals surface area (Å²) in [6.07, 6.45) is 0.587. The number of carbonyl (C=O) groups excluding carboxylic acids is 1. The monoisotopic (exact) mass is 334 g/mol. The van der Waals surface area contributed by atoms with Gasteiger partial charge in [0.2, 0.25) is 6.79 Å². The largest absolute Gasteiger partial charge is 0.463 e. The molecular weight excluding hydrogens is 316 g/mol. The number of hydrogen-bond acceptors (Lipinski definition) is 5. The van der Waals surface area contributed by atoms with Gasteiger partial charge in [-0.1, -0.05) is 6.07 Å². The van der Waals surface area contributed by atoms with E-state index < -0.39 is 0 Å². The lowest BCUT2D eigenvalue weighted by Gasteiger charge is -2.29. The Bertz CT molecular complexity index is 687. The number of ether oxygens (including phenoxy) is 3. The summed E-state index contributed by atoms with van der Waals surface area (Å²) >= 11 is 5.21. The van der Waals surface area contributed by atoms with Crippen LogP contribution < -0.4 is 20.1 Å². The van der Waals surface area contributed by atoms with Gasteiger partial charge < -0.3 is 24.8 Å². The summed E-state index contributed by atoms with van der Waals surface area (Å²) in [4.78, 5) is 12.3. The van der Waals surface area contributed by atoms with Gasteiger partial charge in [-0.15, -0.1) is 0 Å². The normalized spacial score (nSPS) is 19.2. The van der Waals surface area contributed by atoms with Crippen LogP contribution in [0.25, 0.3) is 0 Å². The van der Waals surface area contributed by atoms with Crippen LogP contribution in [0.5, 0.6) is 11.5 Å². The Kier molecular flexibility index (Phi) is 4.38. The van der Waals surface area contributed by atoms with Gasteiger partial charge in [0.1, 0.15) is 0 Å². The average Bonchev–Trinajstić information content (AvgIpc) is 2.94.